The number of benzene rings is 2. The van der Waals surface area contributed by atoms with E-state index in [0.29, 0.717) is 17.9 Å². The number of hydrogen-bond donors (Lipinski definition) is 2. The number of nitrogens with one attached hydrogen (secondary N) is 2. The van der Waals surface area contributed by atoms with Gasteiger partial charge in [-0.1, -0.05) is 18.2 Å². The van der Waals surface area contributed by atoms with Crippen molar-refractivity contribution in [3.8, 4) is 5.75 Å². The Kier molecular flexibility index (Phi) is 6.18. The Hall–Kier alpha value is -4.02. The summed E-state index contributed by atoms with van der Waals surface area (Å²) in [6.07, 6.45) is -4.50. The van der Waals surface area contributed by atoms with Crippen molar-refractivity contribution in [1.82, 2.24) is 10.2 Å². The van der Waals surface area contributed by atoms with Crippen LogP contribution in [0.4, 0.5) is 23.7 Å². The highest BCUT2D eigenvalue weighted by Crippen LogP contribution is 2.38. The molecule has 178 valence electrons. The average molecular weight is 475 g/mol. The van der Waals surface area contributed by atoms with Gasteiger partial charge in [-0.05, 0) is 37.3 Å². The van der Waals surface area contributed by atoms with Crippen LogP contribution < -0.4 is 15.4 Å². The molecule has 8 nitrogen and oxygen atoms in total. The topological polar surface area (TPSA) is 97.0 Å². The number of anilines is 1. The molecule has 0 fully saturated rings. The number of ether oxygens (including phenoxy) is 2. The number of alkyl halides is 3. The molecule has 0 saturated heterocycles. The summed E-state index contributed by atoms with van der Waals surface area (Å²) in [7, 11) is 0. The predicted molar refractivity (Wildman–Crippen MR) is 114 cm³/mol. The number of para-hydroxylation sites is 1. The lowest BCUT2D eigenvalue weighted by Gasteiger charge is -2.33. The third kappa shape index (κ3) is 4.54. The number of cyclic esters (lactones) is 1. The van der Waals surface area contributed by atoms with E-state index in [9.17, 15) is 27.6 Å². The second-order valence-electron chi connectivity index (χ2n) is 7.50. The van der Waals surface area contributed by atoms with Gasteiger partial charge in [0, 0.05) is 11.3 Å². The fourth-order valence-electron chi connectivity index (χ4n) is 3.80. The largest absolute Gasteiger partial charge is 0.494 e. The molecule has 0 radical (unpaired) electrons. The van der Waals surface area contributed by atoms with Gasteiger partial charge in [0.2, 0.25) is 5.91 Å². The van der Waals surface area contributed by atoms with Crippen LogP contribution >= 0.6 is 0 Å². The fourth-order valence-corrected chi connectivity index (χ4v) is 3.80. The van der Waals surface area contributed by atoms with Gasteiger partial charge >= 0.3 is 18.2 Å². The zero-order valence-corrected chi connectivity index (χ0v) is 17.9. The third-order valence-electron chi connectivity index (χ3n) is 5.33. The molecule has 2 aromatic rings. The lowest BCUT2D eigenvalue weighted by molar-refractivity contribution is -0.138. The van der Waals surface area contributed by atoms with Crippen LogP contribution in [0.25, 0.3) is 0 Å². The quantitative estimate of drug-likeness (QED) is 0.623. The maximum Gasteiger partial charge on any atom is 0.416 e. The molecule has 2 aliphatic heterocycles. The second-order valence-corrected chi connectivity index (χ2v) is 7.50. The standard InChI is InChI=1S/C23H20F3N3O5/c1-2-33-17-6-4-3-5-15(17)20-19-16(12-34-21(19)31)29(22(32)28-20)11-18(30)27-14-9-7-13(8-10-14)23(24,25)26/h3-10,20H,2,11-12H2,1H3,(H,27,30)(H,28,32)/t20-/m1/s1. The molecule has 0 aliphatic carbocycles. The number of carbonyl (C=O) groups is 3. The lowest BCUT2D eigenvalue weighted by atomic mass is 9.95. The van der Waals surface area contributed by atoms with Gasteiger partial charge in [-0.3, -0.25) is 9.69 Å². The van der Waals surface area contributed by atoms with E-state index in [1.807, 2.05) is 6.92 Å². The average Bonchev–Trinajstić information content (AvgIpc) is 3.17. The minimum absolute atomic E-state index is 0.131. The van der Waals surface area contributed by atoms with Gasteiger partial charge in [-0.2, -0.15) is 13.2 Å². The van der Waals surface area contributed by atoms with Crippen LogP contribution in [0.1, 0.15) is 24.1 Å². The van der Waals surface area contributed by atoms with Crippen molar-refractivity contribution < 1.29 is 37.0 Å². The summed E-state index contributed by atoms with van der Waals surface area (Å²) in [6, 6.07) is 9.41. The molecule has 2 aromatic carbocycles. The van der Waals surface area contributed by atoms with E-state index in [-0.39, 0.29) is 23.6 Å². The Labute approximate surface area is 192 Å². The van der Waals surface area contributed by atoms with E-state index in [1.54, 1.807) is 24.3 Å². The molecule has 4 rings (SSSR count). The number of amides is 3. The van der Waals surface area contributed by atoms with Crippen LogP contribution in [0, 0.1) is 0 Å². The van der Waals surface area contributed by atoms with E-state index < -0.39 is 42.2 Å². The zero-order valence-electron chi connectivity index (χ0n) is 17.9. The van der Waals surface area contributed by atoms with Crippen LogP contribution in [0.2, 0.25) is 0 Å². The van der Waals surface area contributed by atoms with Gasteiger partial charge in [-0.15, -0.1) is 0 Å². The molecule has 11 heteroatoms. The van der Waals surface area contributed by atoms with Gasteiger partial charge < -0.3 is 20.1 Å². The van der Waals surface area contributed by atoms with Crippen molar-refractivity contribution in [2.45, 2.75) is 19.1 Å². The number of nitrogens with zero attached hydrogens (tertiary/aromatic N) is 1. The van der Waals surface area contributed by atoms with Gasteiger partial charge in [0.05, 0.1) is 29.5 Å². The monoisotopic (exact) mass is 475 g/mol. The Bertz CT molecular complexity index is 1160. The summed E-state index contributed by atoms with van der Waals surface area (Å²) < 4.78 is 48.9. The molecule has 2 heterocycles. The van der Waals surface area contributed by atoms with Crippen LogP contribution in [0.3, 0.4) is 0 Å². The SMILES string of the molecule is CCOc1ccccc1[C@H]1NC(=O)N(CC(=O)Nc2ccc(C(F)(F)F)cc2)C2=C1C(=O)OC2. The molecule has 1 atom stereocenters. The number of esters is 1. The third-order valence-corrected chi connectivity index (χ3v) is 5.33. The van der Waals surface area contributed by atoms with Gasteiger partial charge in [-0.25, -0.2) is 9.59 Å². The molecule has 0 bridgehead atoms. The summed E-state index contributed by atoms with van der Waals surface area (Å²) in [5.74, 6) is -0.788. The smallest absolute Gasteiger partial charge is 0.416 e. The van der Waals surface area contributed by atoms with Crippen molar-refractivity contribution in [3.63, 3.8) is 0 Å². The normalized spacial score (nSPS) is 17.8. The molecule has 0 aromatic heterocycles. The Morgan fingerprint density at radius 3 is 2.56 bits per heavy atom. The Morgan fingerprint density at radius 2 is 1.88 bits per heavy atom. The molecule has 0 unspecified atom stereocenters. The first-order valence-electron chi connectivity index (χ1n) is 10.4. The number of hydrogen-bond acceptors (Lipinski definition) is 5. The molecule has 34 heavy (non-hydrogen) atoms. The first-order chi connectivity index (χ1) is 16.2. The Balaban J connectivity index is 1.56. The highest BCUT2D eigenvalue weighted by Gasteiger charge is 2.43. The fraction of sp³-hybridized carbons (Fsp3) is 0.261. The second kappa shape index (κ2) is 9.08. The summed E-state index contributed by atoms with van der Waals surface area (Å²) in [4.78, 5) is 39.0. The van der Waals surface area contributed by atoms with E-state index in [4.69, 9.17) is 9.47 Å². The first kappa shape index (κ1) is 23.1. The molecule has 2 aliphatic rings. The summed E-state index contributed by atoms with van der Waals surface area (Å²) in [6.45, 7) is 1.52. The van der Waals surface area contributed by atoms with Crippen molar-refractivity contribution in [1.29, 1.82) is 0 Å². The molecular weight excluding hydrogens is 455 g/mol. The molecule has 0 saturated carbocycles. The lowest BCUT2D eigenvalue weighted by Crippen LogP contribution is -2.49. The summed E-state index contributed by atoms with van der Waals surface area (Å²) in [5, 5.41) is 5.17. The molecule has 0 spiro atoms. The van der Waals surface area contributed by atoms with Crippen LogP contribution in [-0.2, 0) is 20.5 Å². The minimum atomic E-state index is -4.50. The van der Waals surface area contributed by atoms with Gasteiger partial charge in [0.15, 0.2) is 0 Å². The number of urea groups is 1. The first-order valence-corrected chi connectivity index (χ1v) is 10.4. The van der Waals surface area contributed by atoms with Gasteiger partial charge in [0.1, 0.15) is 18.9 Å². The van der Waals surface area contributed by atoms with Crippen molar-refractivity contribution in [2.75, 3.05) is 25.1 Å². The Morgan fingerprint density at radius 1 is 1.18 bits per heavy atom. The van der Waals surface area contributed by atoms with E-state index in [2.05, 4.69) is 10.6 Å². The number of rotatable bonds is 6. The highest BCUT2D eigenvalue weighted by atomic mass is 19.4. The highest BCUT2D eigenvalue weighted by molar-refractivity contribution is 6.00. The van der Waals surface area contributed by atoms with Crippen LogP contribution in [-0.4, -0.2) is 42.6 Å². The van der Waals surface area contributed by atoms with Crippen molar-refractivity contribution in [2.24, 2.45) is 0 Å². The summed E-state index contributed by atoms with van der Waals surface area (Å²) in [5.41, 5.74) is 0.280. The molecular formula is C23H20F3N3O5. The maximum atomic E-state index is 12.9. The maximum absolute atomic E-state index is 12.9. The zero-order chi connectivity index (χ0) is 24.5. The van der Waals surface area contributed by atoms with Gasteiger partial charge in [0.25, 0.3) is 0 Å². The molecule has 2 N–H and O–H groups in total. The number of carbonyl (C=O) groups excluding carboxylic acids is 3. The number of halogens is 3. The van der Waals surface area contributed by atoms with Crippen LogP contribution in [0.5, 0.6) is 5.75 Å². The predicted octanol–water partition coefficient (Wildman–Crippen LogP) is 3.62. The molecule has 3 amide bonds. The van der Waals surface area contributed by atoms with Crippen LogP contribution in [0.15, 0.2) is 59.8 Å². The van der Waals surface area contributed by atoms with E-state index in [1.165, 1.54) is 0 Å². The minimum Gasteiger partial charge on any atom is -0.494 e. The summed E-state index contributed by atoms with van der Waals surface area (Å²) >= 11 is 0. The van der Waals surface area contributed by atoms with E-state index in [0.717, 1.165) is 29.2 Å². The van der Waals surface area contributed by atoms with Crippen molar-refractivity contribution in [3.05, 3.63) is 70.9 Å². The van der Waals surface area contributed by atoms with E-state index >= 15 is 0 Å². The van der Waals surface area contributed by atoms with Crippen molar-refractivity contribution >= 4 is 23.6 Å².